The van der Waals surface area contributed by atoms with Crippen LogP contribution < -0.4 is 0 Å². The van der Waals surface area contributed by atoms with E-state index in [9.17, 15) is 18.4 Å². The Hall–Kier alpha value is -1.98. The number of carboxylic acid groups (broad SMARTS) is 1. The van der Waals surface area contributed by atoms with Gasteiger partial charge in [-0.2, -0.15) is 0 Å². The minimum Gasteiger partial charge on any atom is -0.480 e. The van der Waals surface area contributed by atoms with E-state index in [0.29, 0.717) is 0 Å². The number of alkyl halides is 2. The van der Waals surface area contributed by atoms with E-state index in [1.165, 1.54) is 18.2 Å². The van der Waals surface area contributed by atoms with E-state index in [-0.39, 0.29) is 17.7 Å². The number of likely N-dealkylation sites (N-methyl/N-ethyl adjacent to an activating group) is 1. The second-order valence-corrected chi connectivity index (χ2v) is 3.64. The van der Waals surface area contributed by atoms with Crippen LogP contribution in [0.2, 0.25) is 0 Å². The second kappa shape index (κ2) is 6.09. The molecule has 0 saturated heterocycles. The Morgan fingerprint density at radius 3 is 2.56 bits per heavy atom. The molecule has 0 heterocycles. The minimum atomic E-state index is -2.66. The van der Waals surface area contributed by atoms with Gasteiger partial charge in [0.1, 0.15) is 6.54 Å². The summed E-state index contributed by atoms with van der Waals surface area (Å²) in [4.78, 5) is 23.5. The van der Waals surface area contributed by atoms with Crippen LogP contribution in [0.25, 0.3) is 0 Å². The van der Waals surface area contributed by atoms with Gasteiger partial charge >= 0.3 is 5.97 Å². The molecular formula is C12H13F2NO3. The van der Waals surface area contributed by atoms with Gasteiger partial charge in [0.2, 0.25) is 0 Å². The van der Waals surface area contributed by atoms with Crippen LogP contribution in [0.4, 0.5) is 8.78 Å². The predicted molar refractivity (Wildman–Crippen MR) is 60.6 cm³/mol. The fourth-order valence-electron chi connectivity index (χ4n) is 1.48. The van der Waals surface area contributed by atoms with Crippen LogP contribution in [0.3, 0.4) is 0 Å². The number of carbonyl (C=O) groups excluding carboxylic acids is 1. The third kappa shape index (κ3) is 3.51. The van der Waals surface area contributed by atoms with Crippen LogP contribution in [0.1, 0.15) is 29.3 Å². The van der Waals surface area contributed by atoms with Gasteiger partial charge in [0.15, 0.2) is 0 Å². The third-order valence-electron chi connectivity index (χ3n) is 2.38. The lowest BCUT2D eigenvalue weighted by Gasteiger charge is -2.18. The number of benzene rings is 1. The highest BCUT2D eigenvalue weighted by molar-refractivity contribution is 5.96. The lowest BCUT2D eigenvalue weighted by atomic mass is 10.1. The van der Waals surface area contributed by atoms with Gasteiger partial charge in [-0.05, 0) is 19.1 Å². The smallest absolute Gasteiger partial charge is 0.323 e. The lowest BCUT2D eigenvalue weighted by molar-refractivity contribution is -0.137. The Balaban J connectivity index is 2.94. The van der Waals surface area contributed by atoms with Gasteiger partial charge in [-0.25, -0.2) is 8.78 Å². The quantitative estimate of drug-likeness (QED) is 0.879. The molecule has 0 spiro atoms. The third-order valence-corrected chi connectivity index (χ3v) is 2.38. The number of amides is 1. The van der Waals surface area contributed by atoms with E-state index < -0.39 is 24.8 Å². The van der Waals surface area contributed by atoms with E-state index >= 15 is 0 Å². The molecule has 0 fully saturated rings. The van der Waals surface area contributed by atoms with Crippen LogP contribution >= 0.6 is 0 Å². The van der Waals surface area contributed by atoms with Crippen LogP contribution in [0.5, 0.6) is 0 Å². The second-order valence-electron chi connectivity index (χ2n) is 3.64. The first-order chi connectivity index (χ1) is 8.45. The summed E-state index contributed by atoms with van der Waals surface area (Å²) in [6.07, 6.45) is -2.66. The van der Waals surface area contributed by atoms with E-state index in [1.54, 1.807) is 6.92 Å². The van der Waals surface area contributed by atoms with Crippen LogP contribution in [-0.2, 0) is 4.79 Å². The van der Waals surface area contributed by atoms with Crippen LogP contribution in [-0.4, -0.2) is 35.0 Å². The number of halogens is 2. The number of rotatable bonds is 5. The average Bonchev–Trinajstić information content (AvgIpc) is 2.35. The molecule has 0 aliphatic rings. The molecule has 0 atom stereocenters. The van der Waals surface area contributed by atoms with Gasteiger partial charge in [0.25, 0.3) is 12.3 Å². The average molecular weight is 257 g/mol. The number of hydrogen-bond donors (Lipinski definition) is 1. The molecule has 18 heavy (non-hydrogen) atoms. The van der Waals surface area contributed by atoms with Crippen molar-refractivity contribution in [2.75, 3.05) is 13.1 Å². The molecule has 1 aromatic carbocycles. The summed E-state index contributed by atoms with van der Waals surface area (Å²) in [5, 5.41) is 8.64. The highest BCUT2D eigenvalue weighted by atomic mass is 19.3. The Morgan fingerprint density at radius 2 is 2.06 bits per heavy atom. The summed E-state index contributed by atoms with van der Waals surface area (Å²) < 4.78 is 25.0. The van der Waals surface area contributed by atoms with Crippen molar-refractivity contribution in [1.29, 1.82) is 0 Å². The molecule has 0 aromatic heterocycles. The Bertz CT molecular complexity index is 449. The highest BCUT2D eigenvalue weighted by Gasteiger charge is 2.18. The SMILES string of the molecule is CCN(CC(=O)O)C(=O)c1cccc(C(F)F)c1. The first kappa shape index (κ1) is 14.1. The molecule has 0 saturated carbocycles. The Labute approximate surface area is 103 Å². The van der Waals surface area contributed by atoms with E-state index in [1.807, 2.05) is 0 Å². The Morgan fingerprint density at radius 1 is 1.39 bits per heavy atom. The molecule has 4 nitrogen and oxygen atoms in total. The topological polar surface area (TPSA) is 57.6 Å². The van der Waals surface area contributed by atoms with Gasteiger partial charge in [0.05, 0.1) is 0 Å². The zero-order chi connectivity index (χ0) is 13.7. The van der Waals surface area contributed by atoms with Crippen molar-refractivity contribution in [3.63, 3.8) is 0 Å². The van der Waals surface area contributed by atoms with E-state index in [2.05, 4.69) is 0 Å². The number of hydrogen-bond acceptors (Lipinski definition) is 2. The fraction of sp³-hybridized carbons (Fsp3) is 0.333. The van der Waals surface area contributed by atoms with Gasteiger partial charge in [-0.15, -0.1) is 0 Å². The maximum atomic E-state index is 12.5. The largest absolute Gasteiger partial charge is 0.480 e. The summed E-state index contributed by atoms with van der Waals surface area (Å²) in [5.41, 5.74) is -0.192. The maximum absolute atomic E-state index is 12.5. The van der Waals surface area contributed by atoms with E-state index in [0.717, 1.165) is 11.0 Å². The maximum Gasteiger partial charge on any atom is 0.323 e. The van der Waals surface area contributed by atoms with Crippen molar-refractivity contribution in [2.24, 2.45) is 0 Å². The molecule has 0 aliphatic heterocycles. The molecule has 6 heteroatoms. The molecule has 0 unspecified atom stereocenters. The minimum absolute atomic E-state index is 0.0656. The monoisotopic (exact) mass is 257 g/mol. The Kier molecular flexibility index (Phi) is 4.76. The van der Waals surface area contributed by atoms with Crippen molar-refractivity contribution < 1.29 is 23.5 Å². The fourth-order valence-corrected chi connectivity index (χ4v) is 1.48. The van der Waals surface area contributed by atoms with Gasteiger partial charge < -0.3 is 10.0 Å². The molecule has 1 N–H and O–H groups in total. The van der Waals surface area contributed by atoms with Crippen LogP contribution in [0, 0.1) is 0 Å². The molecule has 98 valence electrons. The highest BCUT2D eigenvalue weighted by Crippen LogP contribution is 2.20. The molecule has 0 radical (unpaired) electrons. The van der Waals surface area contributed by atoms with Gasteiger partial charge in [-0.1, -0.05) is 12.1 Å². The molecule has 1 aromatic rings. The number of nitrogens with zero attached hydrogens (tertiary/aromatic N) is 1. The zero-order valence-electron chi connectivity index (χ0n) is 9.77. The van der Waals surface area contributed by atoms with Gasteiger partial charge in [0, 0.05) is 17.7 Å². The first-order valence-corrected chi connectivity index (χ1v) is 5.35. The summed E-state index contributed by atoms with van der Waals surface area (Å²) in [7, 11) is 0. The number of carbonyl (C=O) groups is 2. The summed E-state index contributed by atoms with van der Waals surface area (Å²) in [6, 6.07) is 5.04. The van der Waals surface area contributed by atoms with Gasteiger partial charge in [-0.3, -0.25) is 9.59 Å². The molecular weight excluding hydrogens is 244 g/mol. The zero-order valence-corrected chi connectivity index (χ0v) is 9.77. The summed E-state index contributed by atoms with van der Waals surface area (Å²) >= 11 is 0. The lowest BCUT2D eigenvalue weighted by Crippen LogP contribution is -2.35. The first-order valence-electron chi connectivity index (χ1n) is 5.35. The standard InChI is InChI=1S/C12H13F2NO3/c1-2-15(7-10(16)17)12(18)9-5-3-4-8(6-9)11(13)14/h3-6,11H,2,7H2,1H3,(H,16,17). The van der Waals surface area contributed by atoms with Crippen molar-refractivity contribution in [3.8, 4) is 0 Å². The number of aliphatic carboxylic acids is 1. The number of carboxylic acids is 1. The summed E-state index contributed by atoms with van der Waals surface area (Å²) in [5.74, 6) is -1.71. The normalized spacial score (nSPS) is 10.4. The van der Waals surface area contributed by atoms with Crippen LogP contribution in [0.15, 0.2) is 24.3 Å². The van der Waals surface area contributed by atoms with E-state index in [4.69, 9.17) is 5.11 Å². The van der Waals surface area contributed by atoms with Crippen molar-refractivity contribution in [3.05, 3.63) is 35.4 Å². The van der Waals surface area contributed by atoms with Crippen molar-refractivity contribution in [2.45, 2.75) is 13.3 Å². The molecule has 0 bridgehead atoms. The molecule has 1 rings (SSSR count). The molecule has 1 amide bonds. The van der Waals surface area contributed by atoms with Crippen molar-refractivity contribution in [1.82, 2.24) is 4.90 Å². The molecule has 0 aliphatic carbocycles. The van der Waals surface area contributed by atoms with Crippen molar-refractivity contribution >= 4 is 11.9 Å². The summed E-state index contributed by atoms with van der Waals surface area (Å²) in [6.45, 7) is 1.37. The predicted octanol–water partition coefficient (Wildman–Crippen LogP) is 2.17.